The van der Waals surface area contributed by atoms with Crippen molar-refractivity contribution in [2.75, 3.05) is 10.6 Å². The topological polar surface area (TPSA) is 80.6 Å². The number of ether oxygens (including phenoxy) is 1. The third-order valence-corrected chi connectivity index (χ3v) is 3.96. The Bertz CT molecular complexity index is 807. The Hall–Kier alpha value is -2.76. The molecule has 0 radical (unpaired) electrons. The number of nitrogens with one attached hydrogen (secondary N) is 2. The highest BCUT2D eigenvalue weighted by molar-refractivity contribution is 6.07. The van der Waals surface area contributed by atoms with Crippen LogP contribution >= 0.6 is 0 Å². The van der Waals surface area contributed by atoms with E-state index in [1.807, 2.05) is 13.8 Å². The van der Waals surface area contributed by atoms with Crippen molar-refractivity contribution in [1.82, 2.24) is 0 Å². The average Bonchev–Trinajstić information content (AvgIpc) is 2.73. The maximum Gasteiger partial charge on any atom is 0.265 e. The molecule has 6 nitrogen and oxygen atoms in total. The Morgan fingerprint density at radius 2 is 1.96 bits per heavy atom. The van der Waals surface area contributed by atoms with Gasteiger partial charge in [0.15, 0.2) is 6.10 Å². The molecule has 0 fully saturated rings. The van der Waals surface area contributed by atoms with E-state index in [1.165, 1.54) is 0 Å². The van der Waals surface area contributed by atoms with Crippen molar-refractivity contribution in [3.05, 3.63) is 40.8 Å². The van der Waals surface area contributed by atoms with Crippen LogP contribution < -0.4 is 15.4 Å². The zero-order valence-corrected chi connectivity index (χ0v) is 13.4. The Balaban J connectivity index is 1.85. The molecule has 0 spiro atoms. The third-order valence-electron chi connectivity index (χ3n) is 3.96. The van der Waals surface area contributed by atoms with Crippen molar-refractivity contribution in [2.24, 2.45) is 0 Å². The number of anilines is 2. The van der Waals surface area contributed by atoms with E-state index in [9.17, 15) is 9.59 Å². The summed E-state index contributed by atoms with van der Waals surface area (Å²) in [5.41, 5.74) is 2.48. The second kappa shape index (κ2) is 5.46. The van der Waals surface area contributed by atoms with Crippen LogP contribution in [0.25, 0.3) is 0 Å². The normalized spacial score (nSPS) is 16.3. The maximum absolute atomic E-state index is 12.5. The van der Waals surface area contributed by atoms with Gasteiger partial charge in [0.2, 0.25) is 0 Å². The van der Waals surface area contributed by atoms with Crippen LogP contribution in [0.4, 0.5) is 11.4 Å². The maximum atomic E-state index is 12.5. The molecule has 0 unspecified atom stereocenters. The molecule has 2 N–H and O–H groups in total. The van der Waals surface area contributed by atoms with Crippen LogP contribution in [0.1, 0.15) is 34.4 Å². The third kappa shape index (κ3) is 2.67. The monoisotopic (exact) mass is 314 g/mol. The molecule has 0 bridgehead atoms. The lowest BCUT2D eigenvalue weighted by Crippen LogP contribution is -2.34. The first-order chi connectivity index (χ1) is 10.9. The van der Waals surface area contributed by atoms with Crippen LogP contribution in [0.5, 0.6) is 5.75 Å². The lowest BCUT2D eigenvalue weighted by Gasteiger charge is -2.23. The van der Waals surface area contributed by atoms with Gasteiger partial charge in [-0.1, -0.05) is 0 Å². The van der Waals surface area contributed by atoms with E-state index in [4.69, 9.17) is 9.15 Å². The van der Waals surface area contributed by atoms with Crippen molar-refractivity contribution < 1.29 is 18.7 Å². The first-order valence-corrected chi connectivity index (χ1v) is 7.36. The van der Waals surface area contributed by atoms with Gasteiger partial charge in [0.05, 0.1) is 11.3 Å². The summed E-state index contributed by atoms with van der Waals surface area (Å²) in [5, 5.41) is 5.58. The van der Waals surface area contributed by atoms with Crippen molar-refractivity contribution in [1.29, 1.82) is 0 Å². The largest absolute Gasteiger partial charge is 0.479 e. The molecule has 6 heteroatoms. The predicted molar refractivity (Wildman–Crippen MR) is 86.0 cm³/mol. The quantitative estimate of drug-likeness (QED) is 0.892. The van der Waals surface area contributed by atoms with Gasteiger partial charge >= 0.3 is 0 Å². The second-order valence-electron chi connectivity index (χ2n) is 5.63. The molecule has 0 saturated carbocycles. The van der Waals surface area contributed by atoms with Crippen molar-refractivity contribution in [3.63, 3.8) is 0 Å². The summed E-state index contributed by atoms with van der Waals surface area (Å²) in [6.45, 7) is 7.12. The van der Waals surface area contributed by atoms with E-state index in [1.54, 1.807) is 32.0 Å². The zero-order valence-electron chi connectivity index (χ0n) is 13.4. The van der Waals surface area contributed by atoms with Crippen LogP contribution in [0.2, 0.25) is 0 Å². The van der Waals surface area contributed by atoms with Crippen LogP contribution in [0, 0.1) is 20.8 Å². The molecule has 1 aliphatic rings. The highest BCUT2D eigenvalue weighted by Gasteiger charge is 2.24. The van der Waals surface area contributed by atoms with E-state index in [0.29, 0.717) is 28.4 Å². The van der Waals surface area contributed by atoms with Crippen LogP contribution in [0.15, 0.2) is 22.6 Å². The molecular formula is C17H18N2O4. The van der Waals surface area contributed by atoms with E-state index in [0.717, 1.165) is 11.3 Å². The van der Waals surface area contributed by atoms with Gasteiger partial charge in [0.1, 0.15) is 17.3 Å². The van der Waals surface area contributed by atoms with E-state index >= 15 is 0 Å². The summed E-state index contributed by atoms with van der Waals surface area (Å²) in [4.78, 5) is 24.1. The lowest BCUT2D eigenvalue weighted by atomic mass is 10.1. The van der Waals surface area contributed by atoms with Gasteiger partial charge in [-0.15, -0.1) is 0 Å². The van der Waals surface area contributed by atoms with Gasteiger partial charge in [0, 0.05) is 11.3 Å². The smallest absolute Gasteiger partial charge is 0.265 e. The summed E-state index contributed by atoms with van der Waals surface area (Å²) < 4.78 is 11.0. The molecule has 1 aromatic carbocycles. The SMILES string of the molecule is Cc1oc(C)c(C(=O)Nc2ccc3c(c2)NC(=O)[C@H](C)O3)c1C. The first kappa shape index (κ1) is 15.1. The molecule has 120 valence electrons. The highest BCUT2D eigenvalue weighted by Crippen LogP contribution is 2.32. The molecule has 0 saturated heterocycles. The number of furan rings is 1. The Labute approximate surface area is 133 Å². The van der Waals surface area contributed by atoms with Gasteiger partial charge < -0.3 is 19.8 Å². The Morgan fingerprint density at radius 3 is 2.61 bits per heavy atom. The van der Waals surface area contributed by atoms with E-state index in [-0.39, 0.29) is 11.8 Å². The fourth-order valence-electron chi connectivity index (χ4n) is 2.61. The lowest BCUT2D eigenvalue weighted by molar-refractivity contribution is -0.122. The fraction of sp³-hybridized carbons (Fsp3) is 0.294. The van der Waals surface area contributed by atoms with Gasteiger partial charge in [-0.05, 0) is 45.9 Å². The molecule has 2 aromatic rings. The summed E-state index contributed by atoms with van der Waals surface area (Å²) >= 11 is 0. The molecule has 1 atom stereocenters. The number of carbonyl (C=O) groups excluding carboxylic acids is 2. The summed E-state index contributed by atoms with van der Waals surface area (Å²) in [6.07, 6.45) is -0.526. The van der Waals surface area contributed by atoms with E-state index in [2.05, 4.69) is 10.6 Å². The summed E-state index contributed by atoms with van der Waals surface area (Å²) in [5.74, 6) is 1.45. The highest BCUT2D eigenvalue weighted by atomic mass is 16.5. The van der Waals surface area contributed by atoms with Gasteiger partial charge in [-0.25, -0.2) is 0 Å². The molecule has 2 heterocycles. The number of hydrogen-bond donors (Lipinski definition) is 2. The fourth-order valence-corrected chi connectivity index (χ4v) is 2.61. The van der Waals surface area contributed by atoms with Gasteiger partial charge in [-0.2, -0.15) is 0 Å². The molecule has 3 rings (SSSR count). The number of benzene rings is 1. The minimum atomic E-state index is -0.526. The number of rotatable bonds is 2. The Morgan fingerprint density at radius 1 is 1.22 bits per heavy atom. The molecule has 0 aliphatic carbocycles. The first-order valence-electron chi connectivity index (χ1n) is 7.36. The molecular weight excluding hydrogens is 296 g/mol. The summed E-state index contributed by atoms with van der Waals surface area (Å²) in [7, 11) is 0. The zero-order chi connectivity index (χ0) is 16.7. The minimum absolute atomic E-state index is 0.210. The molecule has 23 heavy (non-hydrogen) atoms. The Kier molecular flexibility index (Phi) is 3.60. The number of aryl methyl sites for hydroxylation is 2. The minimum Gasteiger partial charge on any atom is -0.479 e. The summed E-state index contributed by atoms with van der Waals surface area (Å²) in [6, 6.07) is 5.13. The van der Waals surface area contributed by atoms with Gasteiger partial charge in [-0.3, -0.25) is 9.59 Å². The number of fused-ring (bicyclic) bond motifs is 1. The molecule has 2 amide bonds. The second-order valence-corrected chi connectivity index (χ2v) is 5.63. The van der Waals surface area contributed by atoms with Crippen LogP contribution in [0.3, 0.4) is 0 Å². The van der Waals surface area contributed by atoms with Crippen molar-refractivity contribution in [2.45, 2.75) is 33.8 Å². The predicted octanol–water partition coefficient (Wildman–Crippen LogP) is 3.18. The molecule has 1 aromatic heterocycles. The number of hydrogen-bond acceptors (Lipinski definition) is 4. The van der Waals surface area contributed by atoms with Crippen molar-refractivity contribution in [3.8, 4) is 5.75 Å². The standard InChI is InChI=1S/C17H18N2O4/c1-8-9(2)22-10(3)15(8)17(21)18-12-5-6-14-13(7-12)19-16(20)11(4)23-14/h5-7,11H,1-4H3,(H,18,21)(H,19,20)/t11-/m0/s1. The molecule has 1 aliphatic heterocycles. The van der Waals surface area contributed by atoms with Crippen LogP contribution in [-0.2, 0) is 4.79 Å². The number of carbonyl (C=O) groups is 2. The van der Waals surface area contributed by atoms with Gasteiger partial charge in [0.25, 0.3) is 11.8 Å². The average molecular weight is 314 g/mol. The number of amides is 2. The van der Waals surface area contributed by atoms with Crippen LogP contribution in [-0.4, -0.2) is 17.9 Å². The van der Waals surface area contributed by atoms with Crippen molar-refractivity contribution >= 4 is 23.2 Å². The van der Waals surface area contributed by atoms with E-state index < -0.39 is 6.10 Å².